The quantitative estimate of drug-likeness (QED) is 0.878. The molecule has 0 saturated heterocycles. The predicted molar refractivity (Wildman–Crippen MR) is 69.8 cm³/mol. The van der Waals surface area contributed by atoms with Gasteiger partial charge in [-0.3, -0.25) is 0 Å². The van der Waals surface area contributed by atoms with E-state index in [9.17, 15) is 4.39 Å². The molecule has 0 amide bonds. The van der Waals surface area contributed by atoms with Gasteiger partial charge in [0.05, 0.1) is 0 Å². The Kier molecular flexibility index (Phi) is 3.64. The van der Waals surface area contributed by atoms with E-state index < -0.39 is 0 Å². The molecule has 1 saturated carbocycles. The Labute approximate surface area is 116 Å². The molecule has 1 aliphatic rings. The lowest BCUT2D eigenvalue weighted by Gasteiger charge is -2.10. The molecule has 20 heavy (non-hydrogen) atoms. The molecule has 5 nitrogen and oxygen atoms in total. The van der Waals surface area contributed by atoms with Crippen LogP contribution >= 0.6 is 0 Å². The van der Waals surface area contributed by atoms with Gasteiger partial charge in [0.1, 0.15) is 0 Å². The molecule has 1 aromatic carbocycles. The molecular formula is C14H16FN3O2. The van der Waals surface area contributed by atoms with Gasteiger partial charge in [0.2, 0.25) is 11.7 Å². The molecule has 0 spiro atoms. The van der Waals surface area contributed by atoms with E-state index >= 15 is 0 Å². The number of rotatable bonds is 6. The van der Waals surface area contributed by atoms with Crippen molar-refractivity contribution in [2.75, 3.05) is 7.05 Å². The fourth-order valence-electron chi connectivity index (χ4n) is 2.00. The summed E-state index contributed by atoms with van der Waals surface area (Å²) in [6, 6.07) is 4.86. The van der Waals surface area contributed by atoms with Crippen molar-refractivity contribution in [2.45, 2.75) is 31.9 Å². The van der Waals surface area contributed by atoms with Crippen LogP contribution in [0.3, 0.4) is 0 Å². The van der Waals surface area contributed by atoms with Gasteiger partial charge in [0.25, 0.3) is 0 Å². The maximum Gasteiger partial charge on any atom is 0.229 e. The fraction of sp³-hybridized carbons (Fsp3) is 0.429. The van der Waals surface area contributed by atoms with Crippen molar-refractivity contribution in [2.24, 2.45) is 0 Å². The molecule has 0 bridgehead atoms. The molecular weight excluding hydrogens is 261 g/mol. The number of nitrogens with one attached hydrogen (secondary N) is 1. The number of hydrogen-bond acceptors (Lipinski definition) is 5. The van der Waals surface area contributed by atoms with Crippen LogP contribution in [0.5, 0.6) is 5.75 Å². The molecule has 1 N–H and O–H groups in total. The van der Waals surface area contributed by atoms with Gasteiger partial charge in [-0.05, 0) is 26.0 Å². The third-order valence-corrected chi connectivity index (χ3v) is 3.17. The molecule has 1 aliphatic carbocycles. The van der Waals surface area contributed by atoms with Gasteiger partial charge >= 0.3 is 0 Å². The number of nitrogens with zero attached hydrogens (tertiary/aromatic N) is 2. The lowest BCUT2D eigenvalue weighted by Crippen LogP contribution is -2.09. The van der Waals surface area contributed by atoms with Gasteiger partial charge in [-0.2, -0.15) is 4.98 Å². The molecule has 1 fully saturated rings. The number of benzene rings is 1. The van der Waals surface area contributed by atoms with Crippen molar-refractivity contribution in [1.82, 2.24) is 15.5 Å². The first-order chi connectivity index (χ1) is 9.78. The second-order valence-electron chi connectivity index (χ2n) is 4.87. The van der Waals surface area contributed by atoms with Crippen LogP contribution in [-0.2, 0) is 13.2 Å². The first-order valence-electron chi connectivity index (χ1n) is 6.65. The lowest BCUT2D eigenvalue weighted by atomic mass is 10.2. The molecule has 1 heterocycles. The molecule has 1 aromatic heterocycles. The van der Waals surface area contributed by atoms with Gasteiger partial charge in [-0.25, -0.2) is 4.39 Å². The van der Waals surface area contributed by atoms with Crippen LogP contribution in [0.15, 0.2) is 22.7 Å². The highest BCUT2D eigenvalue weighted by molar-refractivity contribution is 5.34. The number of aromatic nitrogens is 2. The molecule has 0 unspecified atom stereocenters. The third kappa shape index (κ3) is 2.80. The summed E-state index contributed by atoms with van der Waals surface area (Å²) in [5.41, 5.74) is 0.762. The fourth-order valence-corrected chi connectivity index (χ4v) is 2.00. The van der Waals surface area contributed by atoms with Crippen LogP contribution in [0.25, 0.3) is 0 Å². The van der Waals surface area contributed by atoms with E-state index in [0.717, 1.165) is 18.4 Å². The molecule has 0 atom stereocenters. The normalized spacial score (nSPS) is 14.5. The summed E-state index contributed by atoms with van der Waals surface area (Å²) in [7, 11) is 1.80. The number of halogens is 1. The zero-order valence-corrected chi connectivity index (χ0v) is 11.2. The van der Waals surface area contributed by atoms with Gasteiger partial charge < -0.3 is 14.6 Å². The van der Waals surface area contributed by atoms with E-state index in [4.69, 9.17) is 9.26 Å². The predicted octanol–water partition coefficient (Wildman–Crippen LogP) is 2.38. The first-order valence-corrected chi connectivity index (χ1v) is 6.65. The SMILES string of the molecule is CNCc1cccc(F)c1OCc1noc(C2CC2)n1. The summed E-state index contributed by atoms with van der Waals surface area (Å²) >= 11 is 0. The summed E-state index contributed by atoms with van der Waals surface area (Å²) in [4.78, 5) is 4.25. The second kappa shape index (κ2) is 5.58. The van der Waals surface area contributed by atoms with Crippen LogP contribution < -0.4 is 10.1 Å². The van der Waals surface area contributed by atoms with Crippen molar-refractivity contribution < 1.29 is 13.7 Å². The highest BCUT2D eigenvalue weighted by Crippen LogP contribution is 2.38. The van der Waals surface area contributed by atoms with Crippen LogP contribution in [0.4, 0.5) is 4.39 Å². The number of hydrogen-bond donors (Lipinski definition) is 1. The molecule has 2 aromatic rings. The lowest BCUT2D eigenvalue weighted by molar-refractivity contribution is 0.269. The highest BCUT2D eigenvalue weighted by Gasteiger charge is 2.29. The standard InChI is InChI=1S/C14H16FN3O2/c1-16-7-10-3-2-4-11(15)13(10)19-8-12-17-14(20-18-12)9-5-6-9/h2-4,9,16H,5-8H2,1H3. The molecule has 3 rings (SSSR count). The average Bonchev–Trinajstić information content (AvgIpc) is 3.18. The molecule has 106 valence electrons. The Morgan fingerprint density at radius 1 is 1.45 bits per heavy atom. The van der Waals surface area contributed by atoms with Crippen LogP contribution in [0.1, 0.15) is 36.0 Å². The van der Waals surface area contributed by atoms with Gasteiger partial charge in [-0.1, -0.05) is 17.3 Å². The van der Waals surface area contributed by atoms with Crippen molar-refractivity contribution in [1.29, 1.82) is 0 Å². The summed E-state index contributed by atoms with van der Waals surface area (Å²) in [5, 5.41) is 6.83. The first kappa shape index (κ1) is 13.1. The monoisotopic (exact) mass is 277 g/mol. The van der Waals surface area contributed by atoms with E-state index in [1.54, 1.807) is 13.1 Å². The zero-order chi connectivity index (χ0) is 13.9. The Hall–Kier alpha value is -1.95. The van der Waals surface area contributed by atoms with Crippen molar-refractivity contribution in [3.8, 4) is 5.75 Å². The third-order valence-electron chi connectivity index (χ3n) is 3.17. The average molecular weight is 277 g/mol. The van der Waals surface area contributed by atoms with Gasteiger partial charge in [0.15, 0.2) is 18.2 Å². The minimum Gasteiger partial charge on any atom is -0.482 e. The van der Waals surface area contributed by atoms with Crippen LogP contribution in [-0.4, -0.2) is 17.2 Å². The van der Waals surface area contributed by atoms with Crippen molar-refractivity contribution in [3.63, 3.8) is 0 Å². The van der Waals surface area contributed by atoms with Crippen molar-refractivity contribution in [3.05, 3.63) is 41.3 Å². The van der Waals surface area contributed by atoms with Gasteiger partial charge in [-0.15, -0.1) is 0 Å². The maximum atomic E-state index is 13.8. The van der Waals surface area contributed by atoms with E-state index in [-0.39, 0.29) is 18.2 Å². The molecule has 6 heteroatoms. The van der Waals surface area contributed by atoms with Crippen LogP contribution in [0.2, 0.25) is 0 Å². The summed E-state index contributed by atoms with van der Waals surface area (Å²) in [6.45, 7) is 0.639. The minimum absolute atomic E-state index is 0.105. The second-order valence-corrected chi connectivity index (χ2v) is 4.87. The number of ether oxygens (including phenoxy) is 1. The zero-order valence-electron chi connectivity index (χ0n) is 11.2. The molecule has 0 radical (unpaired) electrons. The Bertz CT molecular complexity index is 596. The maximum absolute atomic E-state index is 13.8. The van der Waals surface area contributed by atoms with E-state index in [0.29, 0.717) is 24.2 Å². The van der Waals surface area contributed by atoms with Gasteiger partial charge in [0, 0.05) is 18.0 Å². The molecule has 0 aliphatic heterocycles. The minimum atomic E-state index is -0.385. The van der Waals surface area contributed by atoms with E-state index in [1.807, 2.05) is 6.07 Å². The number of para-hydroxylation sites is 1. The Balaban J connectivity index is 1.70. The summed E-state index contributed by atoms with van der Waals surface area (Å²) in [6.07, 6.45) is 2.20. The smallest absolute Gasteiger partial charge is 0.229 e. The summed E-state index contributed by atoms with van der Waals surface area (Å²) < 4.78 is 24.5. The van der Waals surface area contributed by atoms with Crippen LogP contribution in [0, 0.1) is 5.82 Å². The largest absolute Gasteiger partial charge is 0.482 e. The topological polar surface area (TPSA) is 60.2 Å². The highest BCUT2D eigenvalue weighted by atomic mass is 19.1. The Morgan fingerprint density at radius 2 is 2.30 bits per heavy atom. The Morgan fingerprint density at radius 3 is 3.05 bits per heavy atom. The van der Waals surface area contributed by atoms with Crippen molar-refractivity contribution >= 4 is 0 Å². The van der Waals surface area contributed by atoms with E-state index in [1.165, 1.54) is 6.07 Å². The van der Waals surface area contributed by atoms with E-state index in [2.05, 4.69) is 15.5 Å². The summed E-state index contributed by atoms with van der Waals surface area (Å²) in [5.74, 6) is 1.37.